The monoisotopic (exact) mass is 381 g/mol. The highest BCUT2D eigenvalue weighted by Gasteiger charge is 2.30. The average molecular weight is 381 g/mol. The molecule has 1 aliphatic heterocycles. The Labute approximate surface area is 153 Å². The van der Waals surface area contributed by atoms with Gasteiger partial charge in [-0.1, -0.05) is 0 Å². The summed E-state index contributed by atoms with van der Waals surface area (Å²) >= 11 is 0. The summed E-state index contributed by atoms with van der Waals surface area (Å²) in [5, 5.41) is 3.78. The van der Waals surface area contributed by atoms with E-state index in [2.05, 4.69) is 10.1 Å². The Morgan fingerprint density at radius 1 is 1.33 bits per heavy atom. The molecule has 0 bridgehead atoms. The number of aryl methyl sites for hydroxylation is 1. The lowest BCUT2D eigenvalue weighted by atomic mass is 10.0. The van der Waals surface area contributed by atoms with E-state index in [1.165, 1.54) is 12.3 Å². The Balaban J connectivity index is 1.86. The molecular formula is C18H18F3N3O3. The molecule has 0 atom stereocenters. The van der Waals surface area contributed by atoms with E-state index in [-0.39, 0.29) is 18.9 Å². The lowest BCUT2D eigenvalue weighted by Crippen LogP contribution is -2.23. The third-order valence-corrected chi connectivity index (χ3v) is 4.11. The van der Waals surface area contributed by atoms with Crippen LogP contribution in [0.2, 0.25) is 0 Å². The Bertz CT molecular complexity index is 859. The molecule has 6 nitrogen and oxygen atoms in total. The summed E-state index contributed by atoms with van der Waals surface area (Å²) in [5.74, 6) is 0.331. The van der Waals surface area contributed by atoms with Crippen LogP contribution in [0.15, 0.2) is 30.0 Å². The van der Waals surface area contributed by atoms with E-state index in [9.17, 15) is 18.0 Å². The van der Waals surface area contributed by atoms with Crippen molar-refractivity contribution in [2.24, 2.45) is 0 Å². The third kappa shape index (κ3) is 4.73. The number of hydrogen-bond donors (Lipinski definition) is 0. The summed E-state index contributed by atoms with van der Waals surface area (Å²) in [6, 6.07) is 4.90. The van der Waals surface area contributed by atoms with Crippen molar-refractivity contribution in [2.45, 2.75) is 26.1 Å². The number of aromatic nitrogens is 3. The van der Waals surface area contributed by atoms with Crippen LogP contribution in [0.1, 0.15) is 28.3 Å². The van der Waals surface area contributed by atoms with Gasteiger partial charge in [0.25, 0.3) is 0 Å². The summed E-state index contributed by atoms with van der Waals surface area (Å²) in [6.07, 6.45) is -1.92. The van der Waals surface area contributed by atoms with Gasteiger partial charge in [0.1, 0.15) is 24.6 Å². The lowest BCUT2D eigenvalue weighted by molar-refractivity contribution is -0.142. The van der Waals surface area contributed by atoms with Gasteiger partial charge in [0.05, 0.1) is 18.9 Å². The van der Waals surface area contributed by atoms with Gasteiger partial charge in [-0.05, 0) is 37.1 Å². The van der Waals surface area contributed by atoms with E-state index in [1.807, 2.05) is 0 Å². The van der Waals surface area contributed by atoms with E-state index >= 15 is 0 Å². The van der Waals surface area contributed by atoms with Gasteiger partial charge in [-0.25, -0.2) is 4.98 Å². The SMILES string of the molecule is Cc1ccc(OCC2=C(c3ccnn3CC(F)(F)F)COCC2)c(C=O)n1. The minimum atomic E-state index is -4.38. The fourth-order valence-electron chi connectivity index (χ4n) is 2.86. The first-order valence-electron chi connectivity index (χ1n) is 8.30. The summed E-state index contributed by atoms with van der Waals surface area (Å²) in [5.41, 5.74) is 2.65. The van der Waals surface area contributed by atoms with Gasteiger partial charge < -0.3 is 9.47 Å². The molecule has 0 fully saturated rings. The van der Waals surface area contributed by atoms with E-state index < -0.39 is 12.7 Å². The molecular weight excluding hydrogens is 363 g/mol. The number of alkyl halides is 3. The van der Waals surface area contributed by atoms with Crippen LogP contribution in [0.3, 0.4) is 0 Å². The molecule has 0 amide bonds. The number of nitrogens with zero attached hydrogens (tertiary/aromatic N) is 3. The van der Waals surface area contributed by atoms with Crippen molar-refractivity contribution in [3.05, 3.63) is 47.1 Å². The summed E-state index contributed by atoms with van der Waals surface area (Å²) in [4.78, 5) is 15.3. The number of carbonyl (C=O) groups excluding carboxylic acids is 1. The molecule has 3 heterocycles. The maximum absolute atomic E-state index is 12.8. The smallest absolute Gasteiger partial charge is 0.408 e. The van der Waals surface area contributed by atoms with Gasteiger partial charge in [-0.2, -0.15) is 18.3 Å². The summed E-state index contributed by atoms with van der Waals surface area (Å²) in [6.45, 7) is 1.33. The van der Waals surface area contributed by atoms with Crippen molar-refractivity contribution in [2.75, 3.05) is 19.8 Å². The predicted molar refractivity (Wildman–Crippen MR) is 90.5 cm³/mol. The van der Waals surface area contributed by atoms with Crippen LogP contribution in [-0.2, 0) is 11.3 Å². The number of halogens is 3. The Morgan fingerprint density at radius 2 is 2.15 bits per heavy atom. The molecule has 0 spiro atoms. The molecule has 0 radical (unpaired) electrons. The molecule has 9 heteroatoms. The van der Waals surface area contributed by atoms with Crippen LogP contribution in [0, 0.1) is 6.92 Å². The van der Waals surface area contributed by atoms with E-state index in [0.717, 1.165) is 10.3 Å². The zero-order valence-corrected chi connectivity index (χ0v) is 14.6. The molecule has 0 aliphatic carbocycles. The predicted octanol–water partition coefficient (Wildman–Crippen LogP) is 3.21. The Morgan fingerprint density at radius 3 is 2.89 bits per heavy atom. The number of ether oxygens (including phenoxy) is 2. The Hall–Kier alpha value is -2.68. The number of aldehydes is 1. The zero-order chi connectivity index (χ0) is 19.4. The van der Waals surface area contributed by atoms with E-state index in [4.69, 9.17) is 9.47 Å². The molecule has 0 aromatic carbocycles. The van der Waals surface area contributed by atoms with Gasteiger partial charge in [-0.15, -0.1) is 0 Å². The highest BCUT2D eigenvalue weighted by molar-refractivity contribution is 5.76. The van der Waals surface area contributed by atoms with Gasteiger partial charge in [0.15, 0.2) is 6.29 Å². The Kier molecular flexibility index (Phi) is 5.59. The maximum Gasteiger partial charge on any atom is 0.408 e. The van der Waals surface area contributed by atoms with Crippen LogP contribution < -0.4 is 4.74 Å². The van der Waals surface area contributed by atoms with Crippen molar-refractivity contribution < 1.29 is 27.4 Å². The van der Waals surface area contributed by atoms with Crippen LogP contribution in [-0.4, -0.2) is 47.0 Å². The molecule has 1 aliphatic rings. The number of rotatable bonds is 6. The normalized spacial score (nSPS) is 15.1. The van der Waals surface area contributed by atoms with Gasteiger partial charge in [0, 0.05) is 17.5 Å². The van der Waals surface area contributed by atoms with Crippen LogP contribution in [0.5, 0.6) is 5.75 Å². The standard InChI is InChI=1S/C18H18F3N3O3/c1-12-2-3-17(15(8-25)23-12)27-9-13-5-7-26-10-14(13)16-4-6-22-24(16)11-18(19,20)21/h2-4,6,8H,5,7,9-11H2,1H3. The largest absolute Gasteiger partial charge is 0.487 e. The van der Waals surface area contributed by atoms with E-state index in [0.29, 0.717) is 42.0 Å². The molecule has 0 unspecified atom stereocenters. The van der Waals surface area contributed by atoms with Crippen LogP contribution in [0.25, 0.3) is 5.57 Å². The summed E-state index contributed by atoms with van der Waals surface area (Å²) in [7, 11) is 0. The van der Waals surface area contributed by atoms with Gasteiger partial charge in [0.2, 0.25) is 0 Å². The highest BCUT2D eigenvalue weighted by atomic mass is 19.4. The van der Waals surface area contributed by atoms with Gasteiger partial charge in [-0.3, -0.25) is 9.48 Å². The summed E-state index contributed by atoms with van der Waals surface area (Å²) < 4.78 is 50.4. The highest BCUT2D eigenvalue weighted by Crippen LogP contribution is 2.28. The topological polar surface area (TPSA) is 66.2 Å². The molecule has 3 rings (SSSR count). The van der Waals surface area contributed by atoms with E-state index in [1.54, 1.807) is 19.1 Å². The zero-order valence-electron chi connectivity index (χ0n) is 14.6. The number of carbonyl (C=O) groups is 1. The van der Waals surface area contributed by atoms with Crippen molar-refractivity contribution in [1.29, 1.82) is 0 Å². The average Bonchev–Trinajstić information content (AvgIpc) is 3.06. The second-order valence-electron chi connectivity index (χ2n) is 6.12. The van der Waals surface area contributed by atoms with Crippen LogP contribution in [0.4, 0.5) is 13.2 Å². The second-order valence-corrected chi connectivity index (χ2v) is 6.12. The first-order valence-corrected chi connectivity index (χ1v) is 8.30. The lowest BCUT2D eigenvalue weighted by Gasteiger charge is -2.22. The molecule has 0 saturated heterocycles. The molecule has 0 saturated carbocycles. The number of pyridine rings is 1. The molecule has 0 N–H and O–H groups in total. The molecule has 144 valence electrons. The fourth-order valence-corrected chi connectivity index (χ4v) is 2.86. The maximum atomic E-state index is 12.8. The molecule has 27 heavy (non-hydrogen) atoms. The first-order chi connectivity index (χ1) is 12.9. The minimum Gasteiger partial charge on any atom is -0.487 e. The second kappa shape index (κ2) is 7.91. The first kappa shape index (κ1) is 19.1. The van der Waals surface area contributed by atoms with Crippen LogP contribution >= 0.6 is 0 Å². The van der Waals surface area contributed by atoms with Crippen molar-refractivity contribution >= 4 is 11.9 Å². The number of hydrogen-bond acceptors (Lipinski definition) is 5. The van der Waals surface area contributed by atoms with Crippen molar-refractivity contribution in [1.82, 2.24) is 14.8 Å². The fraction of sp³-hybridized carbons (Fsp3) is 0.389. The third-order valence-electron chi connectivity index (χ3n) is 4.11. The van der Waals surface area contributed by atoms with Crippen molar-refractivity contribution in [3.8, 4) is 5.75 Å². The van der Waals surface area contributed by atoms with Crippen molar-refractivity contribution in [3.63, 3.8) is 0 Å². The van der Waals surface area contributed by atoms with Gasteiger partial charge >= 0.3 is 6.18 Å². The molecule has 2 aromatic heterocycles. The quantitative estimate of drug-likeness (QED) is 0.719. The minimum absolute atomic E-state index is 0.126. The molecule has 2 aromatic rings.